The highest BCUT2D eigenvalue weighted by Gasteiger charge is 2.11. The summed E-state index contributed by atoms with van der Waals surface area (Å²) >= 11 is 17.5. The monoisotopic (exact) mass is 513 g/mol. The summed E-state index contributed by atoms with van der Waals surface area (Å²) < 4.78 is 11.3. The number of hydrogen-bond acceptors (Lipinski definition) is 5. The number of aromatic nitrogens is 1. The average molecular weight is 514 g/mol. The van der Waals surface area contributed by atoms with Gasteiger partial charge in [0.05, 0.1) is 5.02 Å². The van der Waals surface area contributed by atoms with Crippen LogP contribution in [0.15, 0.2) is 59.0 Å². The van der Waals surface area contributed by atoms with E-state index in [0.29, 0.717) is 33.7 Å². The van der Waals surface area contributed by atoms with Gasteiger partial charge in [0.1, 0.15) is 11.3 Å². The first-order valence-electron chi connectivity index (χ1n) is 10.4. The zero-order valence-corrected chi connectivity index (χ0v) is 20.8. The predicted octanol–water partition coefficient (Wildman–Crippen LogP) is 6.23. The van der Waals surface area contributed by atoms with E-state index in [0.717, 1.165) is 27.9 Å². The lowest BCUT2D eigenvalue weighted by Gasteiger charge is -2.13. The van der Waals surface area contributed by atoms with Crippen molar-refractivity contribution >= 4 is 63.2 Å². The number of nitrogens with one attached hydrogen (secondary N) is 2. The molecule has 0 bridgehead atoms. The third kappa shape index (κ3) is 6.05. The Bertz CT molecular complexity index is 1350. The quantitative estimate of drug-likeness (QED) is 0.297. The van der Waals surface area contributed by atoms with Gasteiger partial charge in [-0.05, 0) is 79.2 Å². The highest BCUT2D eigenvalue weighted by atomic mass is 35.5. The normalized spacial score (nSPS) is 10.8. The van der Waals surface area contributed by atoms with Crippen molar-refractivity contribution in [3.63, 3.8) is 0 Å². The maximum Gasteiger partial charge on any atom is 0.264 e. The number of nitrogens with zero attached hydrogens (tertiary/aromatic N) is 1. The zero-order valence-electron chi connectivity index (χ0n) is 18.4. The number of thiocarbonyl (C=S) groups is 1. The van der Waals surface area contributed by atoms with Gasteiger partial charge in [-0.3, -0.25) is 10.1 Å². The molecule has 0 radical (unpaired) electrons. The maximum absolute atomic E-state index is 12.2. The zero-order chi connectivity index (χ0) is 24.2. The largest absolute Gasteiger partial charge is 0.482 e. The fourth-order valence-electron chi connectivity index (χ4n) is 3.45. The van der Waals surface area contributed by atoms with Gasteiger partial charge in [-0.1, -0.05) is 41.4 Å². The summed E-state index contributed by atoms with van der Waals surface area (Å²) in [6.07, 6.45) is 0.534. The van der Waals surface area contributed by atoms with Gasteiger partial charge >= 0.3 is 0 Å². The van der Waals surface area contributed by atoms with E-state index in [1.807, 2.05) is 44.2 Å². The van der Waals surface area contributed by atoms with Crippen LogP contribution in [0.5, 0.6) is 5.75 Å². The second-order valence-electron chi connectivity index (χ2n) is 7.78. The number of halogens is 2. The summed E-state index contributed by atoms with van der Waals surface area (Å²) in [5.41, 5.74) is 5.05. The summed E-state index contributed by atoms with van der Waals surface area (Å²) in [7, 11) is 0. The Morgan fingerprint density at radius 3 is 2.59 bits per heavy atom. The van der Waals surface area contributed by atoms with Gasteiger partial charge in [0.25, 0.3) is 5.91 Å². The van der Waals surface area contributed by atoms with E-state index in [4.69, 9.17) is 44.6 Å². The number of rotatable bonds is 6. The molecule has 0 saturated heterocycles. The number of anilines is 1. The summed E-state index contributed by atoms with van der Waals surface area (Å²) in [5, 5.41) is 6.84. The van der Waals surface area contributed by atoms with Crippen LogP contribution in [0.2, 0.25) is 10.0 Å². The number of oxazole rings is 1. The molecule has 34 heavy (non-hydrogen) atoms. The van der Waals surface area contributed by atoms with Crippen molar-refractivity contribution in [1.82, 2.24) is 10.3 Å². The van der Waals surface area contributed by atoms with Crippen LogP contribution in [0.25, 0.3) is 11.1 Å². The molecule has 0 saturated carbocycles. The smallest absolute Gasteiger partial charge is 0.264 e. The predicted molar refractivity (Wildman–Crippen MR) is 139 cm³/mol. The lowest BCUT2D eigenvalue weighted by atomic mass is 10.1. The highest BCUT2D eigenvalue weighted by Crippen LogP contribution is 2.29. The third-order valence-electron chi connectivity index (χ3n) is 4.94. The van der Waals surface area contributed by atoms with Crippen molar-refractivity contribution in [3.05, 3.63) is 87.2 Å². The Morgan fingerprint density at radius 1 is 1.09 bits per heavy atom. The minimum atomic E-state index is -0.388. The van der Waals surface area contributed by atoms with E-state index in [1.165, 1.54) is 0 Å². The minimum Gasteiger partial charge on any atom is -0.482 e. The number of carbonyl (C=O) groups excluding carboxylic acids is 1. The number of benzene rings is 3. The first kappa shape index (κ1) is 24.0. The first-order valence-corrected chi connectivity index (χ1v) is 11.6. The fourth-order valence-corrected chi connectivity index (χ4v) is 4.23. The average Bonchev–Trinajstić information content (AvgIpc) is 3.15. The number of hydrogen-bond donors (Lipinski definition) is 2. The van der Waals surface area contributed by atoms with Crippen molar-refractivity contribution in [2.45, 2.75) is 20.3 Å². The standard InChI is InChI=1S/C25H21Cl2N3O3S/c1-14-9-15(2)24(19(27)10-14)32-13-22(31)30-25(34)28-18-6-3-16(4-7-18)11-23-29-20-12-17(26)5-8-21(20)33-23/h3-10,12H,11,13H2,1-2H3,(H2,28,30,31,34). The molecule has 0 unspecified atom stereocenters. The van der Waals surface area contributed by atoms with Crippen molar-refractivity contribution < 1.29 is 13.9 Å². The summed E-state index contributed by atoms with van der Waals surface area (Å²) in [4.78, 5) is 16.7. The number of carbonyl (C=O) groups is 1. The molecular weight excluding hydrogens is 493 g/mol. The Morgan fingerprint density at radius 2 is 1.85 bits per heavy atom. The van der Waals surface area contributed by atoms with Crippen molar-refractivity contribution in [1.29, 1.82) is 0 Å². The number of amides is 1. The Hall–Kier alpha value is -3.13. The van der Waals surface area contributed by atoms with Crippen LogP contribution >= 0.6 is 35.4 Å². The molecule has 0 atom stereocenters. The van der Waals surface area contributed by atoms with Gasteiger partial charge in [-0.2, -0.15) is 0 Å². The van der Waals surface area contributed by atoms with Crippen LogP contribution in [0.4, 0.5) is 5.69 Å². The molecule has 0 aliphatic heterocycles. The molecule has 0 aliphatic carbocycles. The molecule has 4 rings (SSSR count). The van der Waals surface area contributed by atoms with Crippen molar-refractivity contribution in [2.24, 2.45) is 0 Å². The molecule has 0 spiro atoms. The molecule has 1 heterocycles. The van der Waals surface area contributed by atoms with E-state index >= 15 is 0 Å². The van der Waals surface area contributed by atoms with Crippen molar-refractivity contribution in [2.75, 3.05) is 11.9 Å². The molecule has 4 aromatic rings. The summed E-state index contributed by atoms with van der Waals surface area (Å²) in [5.74, 6) is 0.699. The second-order valence-corrected chi connectivity index (χ2v) is 9.03. The lowest BCUT2D eigenvalue weighted by Crippen LogP contribution is -2.37. The molecule has 2 N–H and O–H groups in total. The van der Waals surface area contributed by atoms with Crippen LogP contribution in [-0.2, 0) is 11.2 Å². The van der Waals surface area contributed by atoms with Gasteiger partial charge in [-0.25, -0.2) is 4.98 Å². The Balaban J connectivity index is 1.28. The van der Waals surface area contributed by atoms with Crippen LogP contribution < -0.4 is 15.4 Å². The summed E-state index contributed by atoms with van der Waals surface area (Å²) in [6, 6.07) is 16.7. The minimum absolute atomic E-state index is 0.170. The fraction of sp³-hybridized carbons (Fsp3) is 0.160. The van der Waals surface area contributed by atoms with Crippen LogP contribution in [-0.4, -0.2) is 22.6 Å². The Labute approximate surface area is 212 Å². The third-order valence-corrected chi connectivity index (χ3v) is 5.66. The van der Waals surface area contributed by atoms with E-state index in [1.54, 1.807) is 24.3 Å². The number of ether oxygens (including phenoxy) is 1. The van der Waals surface area contributed by atoms with Gasteiger partial charge in [-0.15, -0.1) is 0 Å². The van der Waals surface area contributed by atoms with E-state index in [-0.39, 0.29) is 17.6 Å². The molecule has 3 aromatic carbocycles. The van der Waals surface area contributed by atoms with Crippen LogP contribution in [0.1, 0.15) is 22.6 Å². The van der Waals surface area contributed by atoms with E-state index in [2.05, 4.69) is 15.6 Å². The topological polar surface area (TPSA) is 76.4 Å². The molecule has 6 nitrogen and oxygen atoms in total. The molecule has 9 heteroatoms. The molecule has 0 aliphatic rings. The molecule has 1 aromatic heterocycles. The lowest BCUT2D eigenvalue weighted by molar-refractivity contribution is -0.121. The van der Waals surface area contributed by atoms with Crippen LogP contribution in [0, 0.1) is 13.8 Å². The molecular formula is C25H21Cl2N3O3S. The molecule has 174 valence electrons. The highest BCUT2D eigenvalue weighted by molar-refractivity contribution is 7.80. The first-order chi connectivity index (χ1) is 16.3. The second kappa shape index (κ2) is 10.4. The van der Waals surface area contributed by atoms with Crippen LogP contribution in [0.3, 0.4) is 0 Å². The van der Waals surface area contributed by atoms with E-state index in [9.17, 15) is 4.79 Å². The van der Waals surface area contributed by atoms with Gasteiger partial charge in [0, 0.05) is 17.1 Å². The summed E-state index contributed by atoms with van der Waals surface area (Å²) in [6.45, 7) is 3.61. The number of fused-ring (bicyclic) bond motifs is 1. The number of aryl methyl sites for hydroxylation is 2. The molecule has 0 fully saturated rings. The molecule has 1 amide bonds. The van der Waals surface area contributed by atoms with Gasteiger partial charge in [0.2, 0.25) is 0 Å². The maximum atomic E-state index is 12.2. The Kier molecular flexibility index (Phi) is 7.36. The van der Waals surface area contributed by atoms with E-state index < -0.39 is 0 Å². The van der Waals surface area contributed by atoms with Crippen molar-refractivity contribution in [3.8, 4) is 5.75 Å². The SMILES string of the molecule is Cc1cc(C)c(OCC(=O)NC(=S)Nc2ccc(Cc3nc4cc(Cl)ccc4o3)cc2)c(Cl)c1. The van der Waals surface area contributed by atoms with Gasteiger partial charge in [0.15, 0.2) is 23.2 Å². The van der Waals surface area contributed by atoms with Gasteiger partial charge < -0.3 is 14.5 Å².